The predicted molar refractivity (Wildman–Crippen MR) is 175 cm³/mol. The van der Waals surface area contributed by atoms with Crippen molar-refractivity contribution in [1.29, 1.82) is 0 Å². The largest absolute Gasteiger partial charge is 0.613 e. The number of nitrogens with two attached hydrogens (primary N) is 1. The summed E-state index contributed by atoms with van der Waals surface area (Å²) in [5.41, 5.74) is 5.46. The Kier molecular flexibility index (Phi) is 14.0. The smallest absolute Gasteiger partial charge is 0.465 e. The standard InChI is InChI=1S/C31H47N6O9P/c1-7-20(8-2)14-43-24(38)11-23(29(41)44-15-21(9-3)10-4)36-47(42)46-17-31(16-45-28(40)19(5)6)12-22(31)13-37-18-33-25-26(37)34-30(32)35-27(25)39/h13,18-21,23H,7-12,14-17H2,1-6H3,(H3-,32,34,35,36,39,42)/p+1/b22-13-/t23-,31?/m0/s1. The van der Waals surface area contributed by atoms with E-state index in [0.29, 0.717) is 6.42 Å². The first-order chi connectivity index (χ1) is 22.4. The lowest BCUT2D eigenvalue weighted by Gasteiger charge is -2.17. The Morgan fingerprint density at radius 3 is 2.30 bits per heavy atom. The fraction of sp³-hybridized carbons (Fsp3) is 0.677. The number of aromatic nitrogens is 4. The molecule has 2 aromatic heterocycles. The van der Waals surface area contributed by atoms with Gasteiger partial charge in [0.05, 0.1) is 31.0 Å². The van der Waals surface area contributed by atoms with Gasteiger partial charge in [-0.05, 0) is 28.4 Å². The summed E-state index contributed by atoms with van der Waals surface area (Å²) in [4.78, 5) is 60.9. The van der Waals surface area contributed by atoms with Gasteiger partial charge in [0.15, 0.2) is 17.2 Å². The molecule has 15 nitrogen and oxygen atoms in total. The maximum Gasteiger partial charge on any atom is 0.613 e. The van der Waals surface area contributed by atoms with Crippen LogP contribution in [0.3, 0.4) is 0 Å². The Morgan fingerprint density at radius 1 is 1.04 bits per heavy atom. The average molecular weight is 680 g/mol. The molecule has 0 amide bonds. The number of fused-ring (bicyclic) bond motifs is 1. The number of rotatable bonds is 20. The Bertz CT molecular complexity index is 1500. The van der Waals surface area contributed by atoms with Crippen molar-refractivity contribution in [3.63, 3.8) is 0 Å². The molecule has 260 valence electrons. The lowest BCUT2D eigenvalue weighted by Crippen LogP contribution is -2.38. The predicted octanol–water partition coefficient (Wildman–Crippen LogP) is 4.11. The van der Waals surface area contributed by atoms with Crippen molar-refractivity contribution in [2.75, 3.05) is 32.2 Å². The van der Waals surface area contributed by atoms with E-state index in [-0.39, 0.29) is 61.3 Å². The van der Waals surface area contributed by atoms with E-state index in [1.807, 2.05) is 27.7 Å². The van der Waals surface area contributed by atoms with Crippen molar-refractivity contribution < 1.29 is 37.7 Å². The lowest BCUT2D eigenvalue weighted by molar-refractivity contribution is -0.153. The van der Waals surface area contributed by atoms with Crippen LogP contribution in [0.5, 0.6) is 0 Å². The van der Waals surface area contributed by atoms with Gasteiger partial charge in [0.1, 0.15) is 19.5 Å². The maximum atomic E-state index is 13.2. The number of nitrogens with zero attached hydrogens (tertiary/aromatic N) is 3. The zero-order valence-electron chi connectivity index (χ0n) is 28.1. The van der Waals surface area contributed by atoms with Crippen LogP contribution in [0.1, 0.15) is 80.1 Å². The van der Waals surface area contributed by atoms with Gasteiger partial charge in [0.2, 0.25) is 5.95 Å². The minimum Gasteiger partial charge on any atom is -0.465 e. The van der Waals surface area contributed by atoms with Crippen molar-refractivity contribution in [2.24, 2.45) is 23.2 Å². The van der Waals surface area contributed by atoms with Crippen LogP contribution < -0.4 is 16.4 Å². The van der Waals surface area contributed by atoms with Crippen LogP contribution in [-0.4, -0.2) is 69.9 Å². The van der Waals surface area contributed by atoms with Gasteiger partial charge in [-0.3, -0.25) is 28.7 Å². The van der Waals surface area contributed by atoms with Gasteiger partial charge in [0, 0.05) is 6.20 Å². The number of imidazole rings is 1. The van der Waals surface area contributed by atoms with E-state index in [4.69, 9.17) is 24.5 Å². The molecule has 4 N–H and O–H groups in total. The quantitative estimate of drug-likeness (QED) is 0.102. The summed E-state index contributed by atoms with van der Waals surface area (Å²) in [6.07, 6.45) is 6.41. The Balaban J connectivity index is 1.75. The zero-order valence-corrected chi connectivity index (χ0v) is 29.0. The SMILES string of the molecule is CCC(CC)COC(=O)C[C@H](N[P+](=O)OCC1(COC(=O)C(C)C)C/C1=C/n1cnc2c(=O)[nH]c(N)nc21)C(=O)OCC(CC)CC. The highest BCUT2D eigenvalue weighted by atomic mass is 31.1. The number of carbonyl (C=O) groups excluding carboxylic acids is 3. The second-order valence-corrected chi connectivity index (χ2v) is 13.3. The number of carbonyl (C=O) groups is 3. The number of esters is 3. The van der Waals surface area contributed by atoms with Crippen LogP contribution in [0.25, 0.3) is 17.4 Å². The fourth-order valence-corrected chi connectivity index (χ4v) is 5.62. The molecule has 2 aromatic rings. The summed E-state index contributed by atoms with van der Waals surface area (Å²) < 4.78 is 36.8. The van der Waals surface area contributed by atoms with Crippen LogP contribution in [0.2, 0.25) is 0 Å². The van der Waals surface area contributed by atoms with Crippen LogP contribution >= 0.6 is 8.18 Å². The lowest BCUT2D eigenvalue weighted by atomic mass is 10.1. The van der Waals surface area contributed by atoms with Gasteiger partial charge >= 0.3 is 26.1 Å². The van der Waals surface area contributed by atoms with Crippen molar-refractivity contribution in [3.8, 4) is 0 Å². The molecule has 1 fully saturated rings. The van der Waals surface area contributed by atoms with Crippen molar-refractivity contribution in [2.45, 2.75) is 86.1 Å². The third kappa shape index (κ3) is 10.7. The van der Waals surface area contributed by atoms with Gasteiger partial charge in [-0.2, -0.15) is 4.98 Å². The summed E-state index contributed by atoms with van der Waals surface area (Å²) >= 11 is 0. The van der Waals surface area contributed by atoms with Crippen molar-refractivity contribution in [1.82, 2.24) is 24.6 Å². The number of H-pyrrole nitrogens is 1. The molecule has 0 aromatic carbocycles. The van der Waals surface area contributed by atoms with Crippen LogP contribution in [-0.2, 0) is 37.7 Å². The van der Waals surface area contributed by atoms with E-state index in [1.54, 1.807) is 20.0 Å². The molecule has 3 rings (SSSR count). The summed E-state index contributed by atoms with van der Waals surface area (Å²) in [5.74, 6) is -1.87. The van der Waals surface area contributed by atoms with Crippen LogP contribution in [0.15, 0.2) is 16.7 Å². The molecule has 2 heterocycles. The van der Waals surface area contributed by atoms with Gasteiger partial charge in [-0.1, -0.05) is 72.3 Å². The number of nitrogens with one attached hydrogen (secondary N) is 2. The molecule has 1 aliphatic rings. The van der Waals surface area contributed by atoms with Gasteiger partial charge in [-0.25, -0.2) is 4.98 Å². The van der Waals surface area contributed by atoms with Crippen molar-refractivity contribution >= 4 is 49.4 Å². The molecule has 0 saturated heterocycles. The molecular weight excluding hydrogens is 631 g/mol. The van der Waals surface area contributed by atoms with Crippen LogP contribution in [0.4, 0.5) is 5.95 Å². The molecule has 0 radical (unpaired) electrons. The molecule has 0 spiro atoms. The fourth-order valence-electron chi connectivity index (χ4n) is 4.73. The first kappa shape index (κ1) is 37.8. The molecule has 0 bridgehead atoms. The Morgan fingerprint density at radius 2 is 1.68 bits per heavy atom. The average Bonchev–Trinajstić information content (AvgIpc) is 3.57. The third-order valence-electron chi connectivity index (χ3n) is 8.42. The summed E-state index contributed by atoms with van der Waals surface area (Å²) in [5, 5.41) is 2.61. The van der Waals surface area contributed by atoms with Crippen LogP contribution in [0, 0.1) is 23.2 Å². The Hall–Kier alpha value is -3.68. The normalized spacial score (nSPS) is 17.8. The number of anilines is 1. The second-order valence-electron chi connectivity index (χ2n) is 12.2. The van der Waals surface area contributed by atoms with E-state index in [9.17, 15) is 23.7 Å². The summed E-state index contributed by atoms with van der Waals surface area (Å²) in [6.45, 7) is 11.6. The molecule has 47 heavy (non-hydrogen) atoms. The summed E-state index contributed by atoms with van der Waals surface area (Å²) in [6, 6.07) is -1.27. The van der Waals surface area contributed by atoms with Gasteiger partial charge in [-0.15, -0.1) is 4.52 Å². The minimum absolute atomic E-state index is 0.0644. The zero-order chi connectivity index (χ0) is 34.7. The van der Waals surface area contributed by atoms with E-state index in [1.165, 1.54) is 10.9 Å². The highest BCUT2D eigenvalue weighted by molar-refractivity contribution is 7.36. The minimum atomic E-state index is -2.68. The number of nitrogen functional groups attached to an aromatic ring is 1. The third-order valence-corrected chi connectivity index (χ3v) is 9.30. The van der Waals surface area contributed by atoms with E-state index >= 15 is 0 Å². The molecule has 0 aliphatic heterocycles. The van der Waals surface area contributed by atoms with E-state index in [2.05, 4.69) is 20.0 Å². The van der Waals surface area contributed by atoms with E-state index < -0.39 is 49.5 Å². The molecule has 16 heteroatoms. The first-order valence-corrected chi connectivity index (χ1v) is 17.3. The monoisotopic (exact) mass is 679 g/mol. The van der Waals surface area contributed by atoms with Gasteiger partial charge < -0.3 is 19.9 Å². The van der Waals surface area contributed by atoms with Crippen molar-refractivity contribution in [3.05, 3.63) is 22.3 Å². The highest BCUT2D eigenvalue weighted by Gasteiger charge is 2.53. The summed E-state index contributed by atoms with van der Waals surface area (Å²) in [7, 11) is -2.68. The topological polar surface area (TPSA) is 207 Å². The number of hydrogen-bond acceptors (Lipinski definition) is 12. The second kappa shape index (κ2) is 17.5. The molecule has 3 atom stereocenters. The molecular formula is C31H48N6O9P+. The maximum absolute atomic E-state index is 13.2. The first-order valence-electron chi connectivity index (χ1n) is 16.1. The molecule has 1 saturated carbocycles. The molecule has 2 unspecified atom stereocenters. The van der Waals surface area contributed by atoms with E-state index in [0.717, 1.165) is 31.3 Å². The number of aromatic amines is 1. The Labute approximate surface area is 275 Å². The number of hydrogen-bond donors (Lipinski definition) is 3. The number of ether oxygens (including phenoxy) is 3. The van der Waals surface area contributed by atoms with Gasteiger partial charge in [0.25, 0.3) is 5.56 Å². The highest BCUT2D eigenvalue weighted by Crippen LogP contribution is 2.54. The molecule has 1 aliphatic carbocycles.